The highest BCUT2D eigenvalue weighted by molar-refractivity contribution is 9.10. The van der Waals surface area contributed by atoms with Crippen molar-refractivity contribution in [2.24, 2.45) is 0 Å². The number of thiophene rings is 1. The number of benzene rings is 1. The lowest BCUT2D eigenvalue weighted by atomic mass is 10.0. The standard InChI is InChI=1S/C12H9BrClFOS/c1-6-2-3-9(15)7(4-6)11(16)10-5-8(13)12(14)17-10/h2-5,11,16H,1H3. The molecule has 0 aliphatic rings. The van der Waals surface area contributed by atoms with Gasteiger partial charge in [-0.3, -0.25) is 0 Å². The minimum Gasteiger partial charge on any atom is -0.383 e. The summed E-state index contributed by atoms with van der Waals surface area (Å²) in [7, 11) is 0. The van der Waals surface area contributed by atoms with Crippen molar-refractivity contribution in [1.82, 2.24) is 0 Å². The molecule has 5 heteroatoms. The van der Waals surface area contributed by atoms with Crippen molar-refractivity contribution < 1.29 is 9.50 Å². The van der Waals surface area contributed by atoms with E-state index < -0.39 is 11.9 Å². The number of hydrogen-bond donors (Lipinski definition) is 1. The van der Waals surface area contributed by atoms with Gasteiger partial charge in [0.15, 0.2) is 0 Å². The van der Waals surface area contributed by atoms with E-state index in [1.807, 2.05) is 6.92 Å². The third kappa shape index (κ3) is 2.71. The van der Waals surface area contributed by atoms with Gasteiger partial charge < -0.3 is 5.11 Å². The zero-order valence-electron chi connectivity index (χ0n) is 8.88. The van der Waals surface area contributed by atoms with Crippen molar-refractivity contribution in [2.45, 2.75) is 13.0 Å². The zero-order chi connectivity index (χ0) is 12.6. The van der Waals surface area contributed by atoms with Gasteiger partial charge in [-0.15, -0.1) is 11.3 Å². The van der Waals surface area contributed by atoms with Gasteiger partial charge in [0, 0.05) is 14.9 Å². The summed E-state index contributed by atoms with van der Waals surface area (Å²) in [5, 5.41) is 10.1. The highest BCUT2D eigenvalue weighted by Gasteiger charge is 2.18. The summed E-state index contributed by atoms with van der Waals surface area (Å²) in [6.07, 6.45) is -0.983. The number of aliphatic hydroxyl groups is 1. The first-order valence-electron chi connectivity index (χ1n) is 4.88. The van der Waals surface area contributed by atoms with Crippen LogP contribution in [-0.4, -0.2) is 5.11 Å². The molecule has 0 spiro atoms. The van der Waals surface area contributed by atoms with E-state index in [1.54, 1.807) is 18.2 Å². The van der Waals surface area contributed by atoms with Crippen molar-refractivity contribution in [1.29, 1.82) is 0 Å². The average molecular weight is 336 g/mol. The predicted octanol–water partition coefficient (Wildman–Crippen LogP) is 4.69. The SMILES string of the molecule is Cc1ccc(F)c(C(O)c2cc(Br)c(Cl)s2)c1. The van der Waals surface area contributed by atoms with Gasteiger partial charge >= 0.3 is 0 Å². The molecule has 1 N–H and O–H groups in total. The van der Waals surface area contributed by atoms with Gasteiger partial charge in [-0.1, -0.05) is 29.3 Å². The van der Waals surface area contributed by atoms with Crippen LogP contribution in [0.15, 0.2) is 28.7 Å². The van der Waals surface area contributed by atoms with Crippen LogP contribution in [0.4, 0.5) is 4.39 Å². The summed E-state index contributed by atoms with van der Waals surface area (Å²) in [4.78, 5) is 0.617. The van der Waals surface area contributed by atoms with Crippen LogP contribution in [0.5, 0.6) is 0 Å². The normalized spacial score (nSPS) is 12.8. The van der Waals surface area contributed by atoms with Crippen LogP contribution in [0.3, 0.4) is 0 Å². The van der Waals surface area contributed by atoms with Gasteiger partial charge in [-0.05, 0) is 35.0 Å². The Bertz CT molecular complexity index is 536. The molecule has 0 radical (unpaired) electrons. The molecule has 1 nitrogen and oxygen atoms in total. The van der Waals surface area contributed by atoms with E-state index in [0.717, 1.165) is 5.56 Å². The van der Waals surface area contributed by atoms with E-state index in [-0.39, 0.29) is 5.56 Å². The molecule has 1 heterocycles. The van der Waals surface area contributed by atoms with Crippen molar-refractivity contribution in [3.8, 4) is 0 Å². The molecule has 17 heavy (non-hydrogen) atoms. The van der Waals surface area contributed by atoms with Crippen LogP contribution < -0.4 is 0 Å². The molecular weight excluding hydrogens is 327 g/mol. The number of aliphatic hydroxyl groups excluding tert-OH is 1. The van der Waals surface area contributed by atoms with Crippen LogP contribution in [0, 0.1) is 12.7 Å². The summed E-state index contributed by atoms with van der Waals surface area (Å²) in [5.41, 5.74) is 1.18. The monoisotopic (exact) mass is 334 g/mol. The second-order valence-electron chi connectivity index (χ2n) is 3.70. The maximum absolute atomic E-state index is 13.6. The maximum atomic E-state index is 13.6. The van der Waals surface area contributed by atoms with Crippen molar-refractivity contribution >= 4 is 38.9 Å². The predicted molar refractivity (Wildman–Crippen MR) is 72.2 cm³/mol. The molecule has 0 aliphatic heterocycles. The van der Waals surface area contributed by atoms with E-state index in [0.29, 0.717) is 13.7 Å². The van der Waals surface area contributed by atoms with Gasteiger partial charge in [0.2, 0.25) is 0 Å². The third-order valence-corrected chi connectivity index (χ3v) is 4.91. The van der Waals surface area contributed by atoms with Gasteiger partial charge in [0.05, 0.1) is 0 Å². The number of hydrogen-bond acceptors (Lipinski definition) is 2. The summed E-state index contributed by atoms with van der Waals surface area (Å²) in [6, 6.07) is 6.38. The molecule has 0 aliphatic carbocycles. The first-order chi connectivity index (χ1) is 7.99. The number of rotatable bonds is 2. The van der Waals surface area contributed by atoms with E-state index >= 15 is 0 Å². The van der Waals surface area contributed by atoms with Crippen molar-refractivity contribution in [3.05, 3.63) is 54.9 Å². The lowest BCUT2D eigenvalue weighted by Crippen LogP contribution is -2.01. The Kier molecular flexibility index (Phi) is 3.88. The molecule has 90 valence electrons. The average Bonchev–Trinajstić information content (AvgIpc) is 2.62. The second-order valence-corrected chi connectivity index (χ2v) is 6.24. The molecule has 0 saturated heterocycles. The zero-order valence-corrected chi connectivity index (χ0v) is 12.0. The largest absolute Gasteiger partial charge is 0.383 e. The smallest absolute Gasteiger partial charge is 0.129 e. The Morgan fingerprint density at radius 1 is 1.41 bits per heavy atom. The molecule has 1 unspecified atom stereocenters. The van der Waals surface area contributed by atoms with Crippen molar-refractivity contribution in [3.63, 3.8) is 0 Å². The number of halogens is 3. The van der Waals surface area contributed by atoms with E-state index in [1.165, 1.54) is 17.4 Å². The van der Waals surface area contributed by atoms with E-state index in [4.69, 9.17) is 11.6 Å². The second kappa shape index (κ2) is 5.06. The molecule has 1 aromatic carbocycles. The minimum absolute atomic E-state index is 0.274. The topological polar surface area (TPSA) is 20.2 Å². The fraction of sp³-hybridized carbons (Fsp3) is 0.167. The molecule has 1 aromatic heterocycles. The molecule has 2 aromatic rings. The third-order valence-electron chi connectivity index (χ3n) is 2.38. The van der Waals surface area contributed by atoms with Crippen LogP contribution in [0.2, 0.25) is 4.34 Å². The Balaban J connectivity index is 2.42. The first kappa shape index (κ1) is 13.0. The summed E-state index contributed by atoms with van der Waals surface area (Å²) in [6.45, 7) is 1.85. The molecule has 0 bridgehead atoms. The van der Waals surface area contributed by atoms with Crippen LogP contribution in [0.1, 0.15) is 22.1 Å². The fourth-order valence-electron chi connectivity index (χ4n) is 1.52. The lowest BCUT2D eigenvalue weighted by Gasteiger charge is -2.10. The van der Waals surface area contributed by atoms with Gasteiger partial charge in [-0.2, -0.15) is 0 Å². The van der Waals surface area contributed by atoms with E-state index in [9.17, 15) is 9.50 Å². The van der Waals surface area contributed by atoms with Gasteiger partial charge in [0.1, 0.15) is 16.3 Å². The quantitative estimate of drug-likeness (QED) is 0.844. The van der Waals surface area contributed by atoms with Crippen LogP contribution >= 0.6 is 38.9 Å². The Morgan fingerprint density at radius 3 is 2.71 bits per heavy atom. The molecule has 0 fully saturated rings. The Hall–Kier alpha value is -0.420. The maximum Gasteiger partial charge on any atom is 0.129 e. The first-order valence-corrected chi connectivity index (χ1v) is 6.86. The highest BCUT2D eigenvalue weighted by Crippen LogP contribution is 2.37. The molecule has 0 saturated carbocycles. The molecule has 2 rings (SSSR count). The van der Waals surface area contributed by atoms with Crippen LogP contribution in [0.25, 0.3) is 0 Å². The minimum atomic E-state index is -0.983. The highest BCUT2D eigenvalue weighted by atomic mass is 79.9. The van der Waals surface area contributed by atoms with Crippen LogP contribution in [-0.2, 0) is 0 Å². The Labute approximate surface area is 116 Å². The summed E-state index contributed by atoms with van der Waals surface area (Å²) >= 11 is 10.4. The fourth-order valence-corrected chi connectivity index (χ4v) is 3.27. The van der Waals surface area contributed by atoms with Crippen molar-refractivity contribution in [2.75, 3.05) is 0 Å². The number of aryl methyl sites for hydroxylation is 1. The summed E-state index contributed by atoms with van der Waals surface area (Å²) in [5.74, 6) is -0.413. The van der Waals surface area contributed by atoms with E-state index in [2.05, 4.69) is 15.9 Å². The Morgan fingerprint density at radius 2 is 2.12 bits per heavy atom. The van der Waals surface area contributed by atoms with Gasteiger partial charge in [0.25, 0.3) is 0 Å². The molecule has 1 atom stereocenters. The molecule has 0 amide bonds. The molecular formula is C12H9BrClFOS. The summed E-state index contributed by atoms with van der Waals surface area (Å²) < 4.78 is 14.9. The lowest BCUT2D eigenvalue weighted by molar-refractivity contribution is 0.218. The van der Waals surface area contributed by atoms with Gasteiger partial charge in [-0.25, -0.2) is 4.39 Å².